The molecule has 0 aliphatic rings. The Bertz CT molecular complexity index is 543. The van der Waals surface area contributed by atoms with E-state index in [0.29, 0.717) is 12.8 Å². The van der Waals surface area contributed by atoms with Crippen molar-refractivity contribution in [3.8, 4) is 0 Å². The lowest BCUT2D eigenvalue weighted by molar-refractivity contribution is -0.308. The number of rotatable bonds is 7. The van der Waals surface area contributed by atoms with Gasteiger partial charge in [0.2, 0.25) is 0 Å². The Kier molecular flexibility index (Phi) is 13.9. The number of carbonyl (C=O) groups excluding carboxylic acids is 4. The van der Waals surface area contributed by atoms with Crippen molar-refractivity contribution in [2.45, 2.75) is 32.6 Å². The highest BCUT2D eigenvalue weighted by atomic mass is 16.4. The van der Waals surface area contributed by atoms with E-state index >= 15 is 0 Å². The molecule has 0 heterocycles. The first-order chi connectivity index (χ1) is 11.7. The van der Waals surface area contributed by atoms with Gasteiger partial charge in [-0.1, -0.05) is 30.3 Å². The zero-order valence-electron chi connectivity index (χ0n) is 13.7. The predicted molar refractivity (Wildman–Crippen MR) is 79.5 cm³/mol. The first-order valence-corrected chi connectivity index (χ1v) is 7.15. The number of carboxylic acid groups (broad SMARTS) is 4. The minimum atomic E-state index is -1.52. The van der Waals surface area contributed by atoms with E-state index in [1.165, 1.54) is 12.1 Å². The van der Waals surface area contributed by atoms with Gasteiger partial charge < -0.3 is 39.6 Å². The van der Waals surface area contributed by atoms with E-state index in [4.69, 9.17) is 0 Å². The summed E-state index contributed by atoms with van der Waals surface area (Å²) in [5.74, 6) is -5.32. The second kappa shape index (κ2) is 14.4. The molecular formula is C17H18O8-4. The van der Waals surface area contributed by atoms with Crippen LogP contribution in [0.3, 0.4) is 0 Å². The fourth-order valence-corrected chi connectivity index (χ4v) is 1.38. The highest BCUT2D eigenvalue weighted by Crippen LogP contribution is 2.05. The number of hydrogen-bond acceptors (Lipinski definition) is 8. The zero-order valence-corrected chi connectivity index (χ0v) is 13.7. The van der Waals surface area contributed by atoms with Crippen LogP contribution in [0.2, 0.25) is 0 Å². The first-order valence-electron chi connectivity index (χ1n) is 7.15. The molecule has 8 heteroatoms. The number of aromatic carboxylic acids is 2. The number of carboxylic acids is 4. The van der Waals surface area contributed by atoms with Crippen molar-refractivity contribution in [3.05, 3.63) is 48.0 Å². The molecule has 0 aromatic heterocycles. The van der Waals surface area contributed by atoms with Crippen molar-refractivity contribution in [2.24, 2.45) is 0 Å². The highest BCUT2D eigenvalue weighted by Gasteiger charge is 2.01. The Balaban J connectivity index is 0. The van der Waals surface area contributed by atoms with Crippen molar-refractivity contribution in [3.63, 3.8) is 0 Å². The van der Waals surface area contributed by atoms with Crippen molar-refractivity contribution in [1.82, 2.24) is 0 Å². The van der Waals surface area contributed by atoms with E-state index in [9.17, 15) is 39.6 Å². The molecular weight excluding hydrogens is 332 g/mol. The van der Waals surface area contributed by atoms with E-state index in [2.05, 4.69) is 6.58 Å². The maximum absolute atomic E-state index is 10.3. The van der Waals surface area contributed by atoms with E-state index in [-0.39, 0.29) is 24.0 Å². The molecule has 8 nitrogen and oxygen atoms in total. The van der Waals surface area contributed by atoms with Crippen LogP contribution in [0.25, 0.3) is 0 Å². The molecule has 25 heavy (non-hydrogen) atoms. The van der Waals surface area contributed by atoms with Crippen molar-refractivity contribution in [1.29, 1.82) is 0 Å². The molecule has 0 saturated carbocycles. The first kappa shape index (κ1) is 24.1. The van der Waals surface area contributed by atoms with Gasteiger partial charge in [0.25, 0.3) is 0 Å². The Hall–Kier alpha value is -3.16. The summed E-state index contributed by atoms with van der Waals surface area (Å²) in [4.78, 5) is 40.2. The summed E-state index contributed by atoms with van der Waals surface area (Å²) in [7, 11) is 0. The van der Waals surface area contributed by atoms with Gasteiger partial charge in [0.15, 0.2) is 0 Å². The van der Waals surface area contributed by atoms with Gasteiger partial charge in [-0.25, -0.2) is 0 Å². The van der Waals surface area contributed by atoms with Gasteiger partial charge in [-0.15, -0.1) is 6.58 Å². The molecule has 0 atom stereocenters. The van der Waals surface area contributed by atoms with Gasteiger partial charge in [-0.3, -0.25) is 0 Å². The Morgan fingerprint density at radius 3 is 1.32 bits per heavy atom. The summed E-state index contributed by atoms with van der Waals surface area (Å²) >= 11 is 0. The SMILES string of the molecule is C=CC.O=C([O-])CCCCC(=O)[O-].O=C([O-])c1ccccc1C(=O)[O-]. The highest BCUT2D eigenvalue weighted by molar-refractivity contribution is 5.99. The standard InChI is InChI=1S/C8H6O4.C6H10O4.C3H6/c9-7(10)5-3-1-2-4-6(5)8(11)12;7-5(8)3-1-2-4-6(9)10;1-3-2/h1-4H,(H,9,10)(H,11,12);1-4H2,(H,7,8)(H,9,10);3H,1H2,2H3/p-4. The molecule has 1 aromatic rings. The van der Waals surface area contributed by atoms with Crippen molar-refractivity contribution >= 4 is 23.9 Å². The van der Waals surface area contributed by atoms with Crippen LogP contribution in [-0.4, -0.2) is 23.9 Å². The molecule has 0 unspecified atom stereocenters. The maximum Gasteiger partial charge on any atom is 0.0721 e. The Morgan fingerprint density at radius 1 is 0.840 bits per heavy atom. The average Bonchev–Trinajstić information content (AvgIpc) is 2.52. The van der Waals surface area contributed by atoms with Crippen LogP contribution in [0, 0.1) is 0 Å². The molecule has 0 amide bonds. The Morgan fingerprint density at radius 2 is 1.12 bits per heavy atom. The molecule has 0 aliphatic heterocycles. The van der Waals surface area contributed by atoms with Crippen molar-refractivity contribution in [2.75, 3.05) is 0 Å². The predicted octanol–water partition coefficient (Wildman–Crippen LogP) is -2.35. The van der Waals surface area contributed by atoms with Gasteiger partial charge in [0.1, 0.15) is 0 Å². The molecule has 0 N–H and O–H groups in total. The molecule has 0 saturated heterocycles. The molecule has 0 fully saturated rings. The zero-order chi connectivity index (χ0) is 19.8. The molecule has 1 rings (SSSR count). The largest absolute Gasteiger partial charge is 0.550 e. The molecule has 0 aliphatic carbocycles. The van der Waals surface area contributed by atoms with Crippen molar-refractivity contribution < 1.29 is 39.6 Å². The lowest BCUT2D eigenvalue weighted by Gasteiger charge is -2.09. The average molecular weight is 350 g/mol. The molecule has 0 radical (unpaired) electrons. The topological polar surface area (TPSA) is 161 Å². The summed E-state index contributed by atoms with van der Waals surface area (Å²) in [5, 5.41) is 40.2. The molecule has 0 spiro atoms. The van der Waals surface area contributed by atoms with Crippen LogP contribution in [0.15, 0.2) is 36.9 Å². The maximum atomic E-state index is 10.3. The number of aliphatic carboxylic acids is 2. The smallest absolute Gasteiger partial charge is 0.0721 e. The number of carbonyl (C=O) groups is 4. The van der Waals surface area contributed by atoms with Gasteiger partial charge in [0.05, 0.1) is 11.9 Å². The van der Waals surface area contributed by atoms with Gasteiger partial charge in [-0.05, 0) is 32.6 Å². The summed E-state index contributed by atoms with van der Waals surface area (Å²) in [6.45, 7) is 5.25. The number of hydrogen-bond donors (Lipinski definition) is 0. The normalized spacial score (nSPS) is 8.68. The fourth-order valence-electron chi connectivity index (χ4n) is 1.38. The Labute approximate surface area is 145 Å². The minimum absolute atomic E-state index is 0.0761. The third kappa shape index (κ3) is 14.2. The second-order valence-corrected chi connectivity index (χ2v) is 4.48. The van der Waals surface area contributed by atoms with Crippen LogP contribution < -0.4 is 20.4 Å². The van der Waals surface area contributed by atoms with Crippen LogP contribution in [0.1, 0.15) is 53.3 Å². The van der Waals surface area contributed by atoms with Crippen LogP contribution in [-0.2, 0) is 9.59 Å². The third-order valence-corrected chi connectivity index (χ3v) is 2.38. The number of benzene rings is 1. The van der Waals surface area contributed by atoms with Gasteiger partial charge >= 0.3 is 0 Å². The summed E-state index contributed by atoms with van der Waals surface area (Å²) in [6, 6.07) is 5.14. The molecule has 1 aromatic carbocycles. The number of unbranched alkanes of at least 4 members (excludes halogenated alkanes) is 1. The number of allylic oxidation sites excluding steroid dienone is 1. The van der Waals surface area contributed by atoms with Crippen LogP contribution >= 0.6 is 0 Å². The molecule has 0 bridgehead atoms. The fraction of sp³-hybridized carbons (Fsp3) is 0.294. The van der Waals surface area contributed by atoms with E-state index in [1.54, 1.807) is 6.08 Å². The quantitative estimate of drug-likeness (QED) is 0.390. The van der Waals surface area contributed by atoms with E-state index in [1.807, 2.05) is 6.92 Å². The monoisotopic (exact) mass is 350 g/mol. The van der Waals surface area contributed by atoms with Gasteiger partial charge in [0, 0.05) is 23.1 Å². The lowest BCUT2D eigenvalue weighted by atomic mass is 10.1. The summed E-state index contributed by atoms with van der Waals surface area (Å²) in [6.07, 6.45) is 2.28. The van der Waals surface area contributed by atoms with E-state index < -0.39 is 23.9 Å². The molecule has 138 valence electrons. The lowest BCUT2D eigenvalue weighted by Crippen LogP contribution is -2.29. The third-order valence-electron chi connectivity index (χ3n) is 2.38. The van der Waals surface area contributed by atoms with E-state index in [0.717, 1.165) is 12.1 Å². The summed E-state index contributed by atoms with van der Waals surface area (Å²) in [5.41, 5.74) is -0.727. The van der Waals surface area contributed by atoms with Crippen LogP contribution in [0.4, 0.5) is 0 Å². The summed E-state index contributed by atoms with van der Waals surface area (Å²) < 4.78 is 0. The van der Waals surface area contributed by atoms with Gasteiger partial charge in [-0.2, -0.15) is 0 Å². The second-order valence-electron chi connectivity index (χ2n) is 4.48. The minimum Gasteiger partial charge on any atom is -0.550 e. The van der Waals surface area contributed by atoms with Crippen LogP contribution in [0.5, 0.6) is 0 Å².